The van der Waals surface area contributed by atoms with Crippen LogP contribution in [0.5, 0.6) is 5.75 Å². The van der Waals surface area contributed by atoms with Crippen molar-refractivity contribution in [2.45, 2.75) is 6.92 Å². The summed E-state index contributed by atoms with van der Waals surface area (Å²) in [6.07, 6.45) is 0. The molecule has 1 aromatic heterocycles. The highest BCUT2D eigenvalue weighted by Gasteiger charge is 2.15. The molecule has 0 aliphatic rings. The highest BCUT2D eigenvalue weighted by atomic mass is 19.1. The number of phenolic OH excluding ortho intramolecular Hbond substituents is 1. The minimum Gasteiger partial charge on any atom is -0.507 e. The number of rotatable bonds is 2. The second kappa shape index (κ2) is 4.97. The zero-order valence-electron chi connectivity index (χ0n) is 11.0. The molecule has 0 aliphatic heterocycles. The van der Waals surface area contributed by atoms with Crippen molar-refractivity contribution in [2.24, 2.45) is 0 Å². The van der Waals surface area contributed by atoms with Gasteiger partial charge >= 0.3 is 0 Å². The second-order valence-corrected chi connectivity index (χ2v) is 4.55. The van der Waals surface area contributed by atoms with E-state index in [1.54, 1.807) is 13.0 Å². The zero-order valence-corrected chi connectivity index (χ0v) is 11.0. The van der Waals surface area contributed by atoms with Crippen LogP contribution in [-0.4, -0.2) is 15.2 Å². The van der Waals surface area contributed by atoms with Crippen LogP contribution in [-0.2, 0) is 0 Å². The van der Waals surface area contributed by atoms with E-state index in [0.717, 1.165) is 12.1 Å². The molecular weight excluding hydrogens is 278 g/mol. The summed E-state index contributed by atoms with van der Waals surface area (Å²) >= 11 is 0. The fourth-order valence-electron chi connectivity index (χ4n) is 1.91. The molecule has 0 unspecified atom stereocenters. The Balaban J connectivity index is 2.03. The predicted octanol–water partition coefficient (Wildman–Crippen LogP) is 3.70. The van der Waals surface area contributed by atoms with Gasteiger partial charge < -0.3 is 9.63 Å². The minimum absolute atomic E-state index is 0.0102. The van der Waals surface area contributed by atoms with Gasteiger partial charge in [0.1, 0.15) is 17.4 Å². The van der Waals surface area contributed by atoms with Crippen molar-refractivity contribution in [3.63, 3.8) is 0 Å². The molecule has 1 N–H and O–H groups in total. The lowest BCUT2D eigenvalue weighted by molar-refractivity contribution is 0.425. The van der Waals surface area contributed by atoms with Gasteiger partial charge in [-0.25, -0.2) is 8.78 Å². The van der Waals surface area contributed by atoms with Crippen LogP contribution in [0.3, 0.4) is 0 Å². The molecule has 0 atom stereocenters. The van der Waals surface area contributed by atoms with E-state index in [1.807, 2.05) is 0 Å². The van der Waals surface area contributed by atoms with Crippen molar-refractivity contribution >= 4 is 0 Å². The van der Waals surface area contributed by atoms with Crippen LogP contribution in [0.15, 0.2) is 40.9 Å². The van der Waals surface area contributed by atoms with Crippen molar-refractivity contribution in [1.29, 1.82) is 0 Å². The first kappa shape index (κ1) is 13.2. The SMILES string of the molecule is Cc1cc(-c2noc(-c3cc(F)ccc3O)n2)ccc1F. The lowest BCUT2D eigenvalue weighted by atomic mass is 10.1. The summed E-state index contributed by atoms with van der Waals surface area (Å²) in [6.45, 7) is 1.62. The van der Waals surface area contributed by atoms with Crippen molar-refractivity contribution in [3.8, 4) is 28.6 Å². The smallest absolute Gasteiger partial charge is 0.262 e. The van der Waals surface area contributed by atoms with E-state index in [9.17, 15) is 13.9 Å². The van der Waals surface area contributed by atoms with Gasteiger partial charge in [0, 0.05) is 5.56 Å². The molecule has 3 rings (SSSR count). The monoisotopic (exact) mass is 288 g/mol. The van der Waals surface area contributed by atoms with Crippen LogP contribution < -0.4 is 0 Å². The minimum atomic E-state index is -0.528. The summed E-state index contributed by atoms with van der Waals surface area (Å²) in [4.78, 5) is 4.10. The molecule has 6 heteroatoms. The second-order valence-electron chi connectivity index (χ2n) is 4.55. The summed E-state index contributed by atoms with van der Waals surface area (Å²) in [5.41, 5.74) is 1.12. The molecule has 1 heterocycles. The number of benzene rings is 2. The van der Waals surface area contributed by atoms with Gasteiger partial charge in [-0.1, -0.05) is 5.16 Å². The summed E-state index contributed by atoms with van der Waals surface area (Å²) in [7, 11) is 0. The van der Waals surface area contributed by atoms with Crippen LogP contribution in [0.1, 0.15) is 5.56 Å². The van der Waals surface area contributed by atoms with Crippen molar-refractivity contribution < 1.29 is 18.4 Å². The fourth-order valence-corrected chi connectivity index (χ4v) is 1.91. The molecule has 4 nitrogen and oxygen atoms in total. The highest BCUT2D eigenvalue weighted by Crippen LogP contribution is 2.30. The third-order valence-corrected chi connectivity index (χ3v) is 3.03. The Hall–Kier alpha value is -2.76. The van der Waals surface area contributed by atoms with Gasteiger partial charge in [-0.2, -0.15) is 4.98 Å². The number of halogens is 2. The molecule has 0 radical (unpaired) electrons. The first-order valence-electron chi connectivity index (χ1n) is 6.14. The molecule has 0 saturated heterocycles. The summed E-state index contributed by atoms with van der Waals surface area (Å²) in [5.74, 6) is -0.798. The van der Waals surface area contributed by atoms with Gasteiger partial charge in [0.25, 0.3) is 5.89 Å². The maximum Gasteiger partial charge on any atom is 0.262 e. The summed E-state index contributed by atoms with van der Waals surface area (Å²) in [5, 5.41) is 13.5. The number of nitrogens with zero attached hydrogens (tertiary/aromatic N) is 2. The largest absolute Gasteiger partial charge is 0.507 e. The van der Waals surface area contributed by atoms with E-state index in [2.05, 4.69) is 10.1 Å². The normalized spacial score (nSPS) is 10.8. The maximum absolute atomic E-state index is 13.2. The van der Waals surface area contributed by atoms with Gasteiger partial charge in [-0.3, -0.25) is 0 Å². The van der Waals surface area contributed by atoms with E-state index in [-0.39, 0.29) is 28.8 Å². The van der Waals surface area contributed by atoms with Gasteiger partial charge in [0.05, 0.1) is 5.56 Å². The lowest BCUT2D eigenvalue weighted by Crippen LogP contribution is -1.86. The lowest BCUT2D eigenvalue weighted by Gasteiger charge is -1.99. The molecule has 3 aromatic rings. The molecule has 2 aromatic carbocycles. The van der Waals surface area contributed by atoms with E-state index in [1.165, 1.54) is 18.2 Å². The number of hydrogen-bond donors (Lipinski definition) is 1. The standard InChI is InChI=1S/C15H10F2N2O2/c1-8-6-9(2-4-12(8)17)14-18-15(21-19-14)11-7-10(16)3-5-13(11)20/h2-7,20H,1H3. The zero-order chi connectivity index (χ0) is 15.0. The third-order valence-electron chi connectivity index (χ3n) is 3.03. The molecule has 0 fully saturated rings. The molecule has 0 aliphatic carbocycles. The number of aromatic hydroxyl groups is 1. The molecule has 0 amide bonds. The Morgan fingerprint density at radius 1 is 1.10 bits per heavy atom. The van der Waals surface area contributed by atoms with Crippen molar-refractivity contribution in [1.82, 2.24) is 10.1 Å². The van der Waals surface area contributed by atoms with Crippen LogP contribution in [0, 0.1) is 18.6 Å². The van der Waals surface area contributed by atoms with Crippen LogP contribution >= 0.6 is 0 Å². The van der Waals surface area contributed by atoms with Crippen LogP contribution in [0.4, 0.5) is 8.78 Å². The average molecular weight is 288 g/mol. The van der Waals surface area contributed by atoms with Gasteiger partial charge in [-0.15, -0.1) is 0 Å². The first-order valence-corrected chi connectivity index (χ1v) is 6.14. The quantitative estimate of drug-likeness (QED) is 0.781. The number of aromatic nitrogens is 2. The van der Waals surface area contributed by atoms with E-state index in [0.29, 0.717) is 11.1 Å². The Morgan fingerprint density at radius 3 is 2.67 bits per heavy atom. The molecular formula is C15H10F2N2O2. The molecule has 106 valence electrons. The third kappa shape index (κ3) is 2.47. The van der Waals surface area contributed by atoms with Gasteiger partial charge in [0.15, 0.2) is 0 Å². The Morgan fingerprint density at radius 2 is 1.90 bits per heavy atom. The van der Waals surface area contributed by atoms with Crippen molar-refractivity contribution in [2.75, 3.05) is 0 Å². The maximum atomic E-state index is 13.2. The summed E-state index contributed by atoms with van der Waals surface area (Å²) < 4.78 is 31.5. The van der Waals surface area contributed by atoms with Gasteiger partial charge in [0.2, 0.25) is 5.82 Å². The number of phenols is 1. The van der Waals surface area contributed by atoms with E-state index < -0.39 is 5.82 Å². The number of hydrogen-bond acceptors (Lipinski definition) is 4. The first-order chi connectivity index (χ1) is 10.0. The van der Waals surface area contributed by atoms with E-state index >= 15 is 0 Å². The summed E-state index contributed by atoms with van der Waals surface area (Å²) in [6, 6.07) is 7.83. The number of aryl methyl sites for hydroxylation is 1. The Kier molecular flexibility index (Phi) is 3.13. The molecule has 21 heavy (non-hydrogen) atoms. The Bertz CT molecular complexity index is 815. The van der Waals surface area contributed by atoms with Crippen LogP contribution in [0.25, 0.3) is 22.8 Å². The van der Waals surface area contributed by atoms with E-state index in [4.69, 9.17) is 4.52 Å². The Labute approximate surface area is 118 Å². The molecule has 0 spiro atoms. The van der Waals surface area contributed by atoms with Crippen molar-refractivity contribution in [3.05, 3.63) is 53.6 Å². The highest BCUT2D eigenvalue weighted by molar-refractivity contribution is 5.65. The molecule has 0 saturated carbocycles. The predicted molar refractivity (Wildman–Crippen MR) is 71.5 cm³/mol. The topological polar surface area (TPSA) is 59.2 Å². The van der Waals surface area contributed by atoms with Crippen LogP contribution in [0.2, 0.25) is 0 Å². The fraction of sp³-hybridized carbons (Fsp3) is 0.0667. The molecule has 0 bridgehead atoms. The average Bonchev–Trinajstić information content (AvgIpc) is 2.94. The van der Waals surface area contributed by atoms with Gasteiger partial charge in [-0.05, 0) is 48.9 Å².